The van der Waals surface area contributed by atoms with Crippen molar-refractivity contribution in [3.8, 4) is 0 Å². The molecule has 0 aromatic rings. The second-order valence-corrected chi connectivity index (χ2v) is 9.48. The molecule has 1 heteroatoms. The van der Waals surface area contributed by atoms with Crippen molar-refractivity contribution >= 4 is 0 Å². The van der Waals surface area contributed by atoms with Crippen LogP contribution in [0.4, 0.5) is 0 Å². The van der Waals surface area contributed by atoms with Gasteiger partial charge in [0.15, 0.2) is 0 Å². The molecule has 0 saturated heterocycles. The van der Waals surface area contributed by atoms with Crippen molar-refractivity contribution in [1.29, 1.82) is 0 Å². The minimum atomic E-state index is 0.215. The number of hydrogen-bond acceptors (Lipinski definition) is 1. The first kappa shape index (κ1) is 16.1. The highest BCUT2D eigenvalue weighted by molar-refractivity contribution is 5.15. The highest BCUT2D eigenvalue weighted by atomic mass is 15.2. The molecule has 2 fully saturated rings. The Labute approximate surface area is 137 Å². The van der Waals surface area contributed by atoms with E-state index in [2.05, 4.69) is 52.2 Å². The molecule has 2 saturated carbocycles. The van der Waals surface area contributed by atoms with Crippen LogP contribution in [0.3, 0.4) is 0 Å². The average molecular weight is 302 g/mol. The summed E-state index contributed by atoms with van der Waals surface area (Å²) in [6.07, 6.45) is 10.7. The molecule has 0 aliphatic heterocycles. The van der Waals surface area contributed by atoms with Crippen molar-refractivity contribution in [2.24, 2.45) is 23.2 Å². The van der Waals surface area contributed by atoms with Gasteiger partial charge in [-0.2, -0.15) is 0 Å². The molecule has 3 aliphatic rings. The van der Waals surface area contributed by atoms with Gasteiger partial charge in [-0.05, 0) is 89.4 Å². The lowest BCUT2D eigenvalue weighted by Gasteiger charge is -2.40. The molecule has 3 aliphatic carbocycles. The summed E-state index contributed by atoms with van der Waals surface area (Å²) < 4.78 is 0. The zero-order chi connectivity index (χ0) is 16.1. The van der Waals surface area contributed by atoms with Gasteiger partial charge in [0.05, 0.1) is 0 Å². The normalized spacial score (nSPS) is 35.0. The average Bonchev–Trinajstić information content (AvgIpc) is 3.31. The molecule has 0 aromatic heterocycles. The SMILES string of the molecule is C=C(C1CC1)N(CC1CC1(C)C1CC=C(C)CC1)C(C)(C)C. The quantitative estimate of drug-likeness (QED) is 0.581. The van der Waals surface area contributed by atoms with E-state index in [-0.39, 0.29) is 5.54 Å². The summed E-state index contributed by atoms with van der Waals surface area (Å²) in [6.45, 7) is 17.6. The molecule has 0 spiro atoms. The fourth-order valence-corrected chi connectivity index (χ4v) is 4.49. The van der Waals surface area contributed by atoms with Crippen molar-refractivity contribution in [3.05, 3.63) is 23.9 Å². The summed E-state index contributed by atoms with van der Waals surface area (Å²) in [4.78, 5) is 2.64. The first-order valence-corrected chi connectivity index (χ1v) is 9.34. The van der Waals surface area contributed by atoms with E-state index in [4.69, 9.17) is 0 Å². The van der Waals surface area contributed by atoms with Crippen LogP contribution in [-0.2, 0) is 0 Å². The van der Waals surface area contributed by atoms with Gasteiger partial charge in [0.1, 0.15) is 0 Å². The molecule has 1 nitrogen and oxygen atoms in total. The largest absolute Gasteiger partial charge is 0.370 e. The fourth-order valence-electron chi connectivity index (χ4n) is 4.49. The Bertz CT molecular complexity index is 477. The maximum Gasteiger partial charge on any atom is 0.0315 e. The molecule has 124 valence electrons. The molecule has 0 radical (unpaired) electrons. The van der Waals surface area contributed by atoms with Crippen LogP contribution in [0.5, 0.6) is 0 Å². The molecule has 0 amide bonds. The third kappa shape index (κ3) is 3.14. The fraction of sp³-hybridized carbons (Fsp3) is 0.810. The van der Waals surface area contributed by atoms with Crippen LogP contribution in [0.15, 0.2) is 23.9 Å². The topological polar surface area (TPSA) is 3.24 Å². The van der Waals surface area contributed by atoms with E-state index < -0.39 is 0 Å². The number of allylic oxidation sites excluding steroid dienone is 3. The van der Waals surface area contributed by atoms with E-state index in [1.807, 2.05) is 0 Å². The molecule has 3 atom stereocenters. The van der Waals surface area contributed by atoms with Crippen LogP contribution in [0, 0.1) is 23.2 Å². The third-order valence-electron chi connectivity index (χ3n) is 6.64. The van der Waals surface area contributed by atoms with Gasteiger partial charge in [-0.1, -0.05) is 25.2 Å². The van der Waals surface area contributed by atoms with Crippen LogP contribution < -0.4 is 0 Å². The number of rotatable bonds is 5. The van der Waals surface area contributed by atoms with Crippen LogP contribution in [-0.4, -0.2) is 17.0 Å². The summed E-state index contributed by atoms with van der Waals surface area (Å²) in [6, 6.07) is 0. The van der Waals surface area contributed by atoms with Gasteiger partial charge in [0, 0.05) is 17.8 Å². The summed E-state index contributed by atoms with van der Waals surface area (Å²) >= 11 is 0. The second-order valence-electron chi connectivity index (χ2n) is 9.48. The molecule has 22 heavy (non-hydrogen) atoms. The van der Waals surface area contributed by atoms with Crippen LogP contribution in [0.25, 0.3) is 0 Å². The van der Waals surface area contributed by atoms with E-state index in [1.54, 1.807) is 5.57 Å². The van der Waals surface area contributed by atoms with Gasteiger partial charge >= 0.3 is 0 Å². The molecule has 3 rings (SSSR count). The Kier molecular flexibility index (Phi) is 3.98. The van der Waals surface area contributed by atoms with Crippen molar-refractivity contribution in [1.82, 2.24) is 4.90 Å². The zero-order valence-corrected chi connectivity index (χ0v) is 15.4. The Morgan fingerprint density at radius 1 is 1.32 bits per heavy atom. The number of hydrogen-bond donors (Lipinski definition) is 0. The Hall–Kier alpha value is -0.720. The van der Waals surface area contributed by atoms with Crippen LogP contribution >= 0.6 is 0 Å². The molecule has 3 unspecified atom stereocenters. The van der Waals surface area contributed by atoms with Crippen molar-refractivity contribution < 1.29 is 0 Å². The molecule has 0 N–H and O–H groups in total. The maximum atomic E-state index is 4.45. The van der Waals surface area contributed by atoms with E-state index in [1.165, 1.54) is 50.8 Å². The predicted octanol–water partition coefficient (Wildman–Crippen LogP) is 5.78. The maximum absolute atomic E-state index is 4.45. The molecular formula is C21H35N. The standard InChI is InChI=1S/C21H35N/c1-15-7-11-18(12-8-15)21(6)13-19(21)14-22(20(3,4)5)16(2)17-9-10-17/h7,17-19H,2,8-14H2,1,3-6H3. The van der Waals surface area contributed by atoms with E-state index >= 15 is 0 Å². The van der Waals surface area contributed by atoms with Crippen molar-refractivity contribution in [2.75, 3.05) is 6.54 Å². The first-order valence-electron chi connectivity index (χ1n) is 9.34. The summed E-state index contributed by atoms with van der Waals surface area (Å²) in [5.41, 5.74) is 3.83. The minimum Gasteiger partial charge on any atom is -0.370 e. The monoisotopic (exact) mass is 301 g/mol. The van der Waals surface area contributed by atoms with Gasteiger partial charge in [-0.3, -0.25) is 0 Å². The van der Waals surface area contributed by atoms with E-state index in [0.29, 0.717) is 5.41 Å². The van der Waals surface area contributed by atoms with E-state index in [9.17, 15) is 0 Å². The summed E-state index contributed by atoms with van der Waals surface area (Å²) in [5, 5.41) is 0. The highest BCUT2D eigenvalue weighted by Gasteiger charge is 2.55. The minimum absolute atomic E-state index is 0.215. The van der Waals surface area contributed by atoms with Crippen molar-refractivity contribution in [2.45, 2.75) is 78.7 Å². The molecule has 0 bridgehead atoms. The predicted molar refractivity (Wildman–Crippen MR) is 95.6 cm³/mol. The van der Waals surface area contributed by atoms with Gasteiger partial charge in [0.2, 0.25) is 0 Å². The van der Waals surface area contributed by atoms with Gasteiger partial charge < -0.3 is 4.90 Å². The van der Waals surface area contributed by atoms with Gasteiger partial charge in [0.25, 0.3) is 0 Å². The lowest BCUT2D eigenvalue weighted by atomic mass is 9.78. The van der Waals surface area contributed by atoms with Gasteiger partial charge in [-0.15, -0.1) is 0 Å². The number of nitrogens with zero attached hydrogens (tertiary/aromatic N) is 1. The summed E-state index contributed by atoms with van der Waals surface area (Å²) in [7, 11) is 0. The zero-order valence-electron chi connectivity index (χ0n) is 15.4. The van der Waals surface area contributed by atoms with Gasteiger partial charge in [-0.25, -0.2) is 0 Å². The van der Waals surface area contributed by atoms with Crippen molar-refractivity contribution in [3.63, 3.8) is 0 Å². The lowest BCUT2D eigenvalue weighted by molar-refractivity contribution is 0.152. The van der Waals surface area contributed by atoms with E-state index in [0.717, 1.165) is 17.8 Å². The van der Waals surface area contributed by atoms with Crippen LogP contribution in [0.2, 0.25) is 0 Å². The Balaban J connectivity index is 1.64. The third-order valence-corrected chi connectivity index (χ3v) is 6.64. The first-order chi connectivity index (χ1) is 10.2. The Morgan fingerprint density at radius 3 is 2.50 bits per heavy atom. The molecular weight excluding hydrogens is 266 g/mol. The highest BCUT2D eigenvalue weighted by Crippen LogP contribution is 2.61. The van der Waals surface area contributed by atoms with Crippen LogP contribution in [0.1, 0.15) is 73.1 Å². The molecule has 0 heterocycles. The second kappa shape index (κ2) is 5.42. The smallest absolute Gasteiger partial charge is 0.0315 e. The Morgan fingerprint density at radius 2 is 2.00 bits per heavy atom. The lowest BCUT2D eigenvalue weighted by Crippen LogP contribution is -2.42. The summed E-state index contributed by atoms with van der Waals surface area (Å²) in [5.74, 6) is 2.57. The molecule has 0 aromatic carbocycles.